The molecule has 4 N–H and O–H groups in total. The van der Waals surface area contributed by atoms with Crippen molar-refractivity contribution in [3.05, 3.63) is 29.8 Å². The molecule has 6 heteroatoms. The molecule has 1 heterocycles. The lowest BCUT2D eigenvalue weighted by Crippen LogP contribution is -2.69. The van der Waals surface area contributed by atoms with Crippen LogP contribution in [0.15, 0.2) is 24.3 Å². The van der Waals surface area contributed by atoms with Crippen molar-refractivity contribution in [1.82, 2.24) is 5.32 Å². The number of carbonyl (C=O) groups excluding carboxylic acids is 1. The zero-order valence-corrected chi connectivity index (χ0v) is 8.21. The van der Waals surface area contributed by atoms with Gasteiger partial charge in [0.15, 0.2) is 6.23 Å². The summed E-state index contributed by atoms with van der Waals surface area (Å²) in [4.78, 5) is 21.5. The molecule has 1 saturated heterocycles. The predicted molar refractivity (Wildman–Crippen MR) is 53.9 cm³/mol. The van der Waals surface area contributed by atoms with Crippen molar-refractivity contribution in [2.45, 2.75) is 12.3 Å². The molecule has 2 atom stereocenters. The number of ether oxygens (including phenoxy) is 1. The van der Waals surface area contributed by atoms with Gasteiger partial charge in [-0.1, -0.05) is 6.07 Å². The van der Waals surface area contributed by atoms with Gasteiger partial charge in [-0.15, -0.1) is 0 Å². The Hall–Kier alpha value is -2.08. The van der Waals surface area contributed by atoms with Crippen LogP contribution in [0, 0.1) is 0 Å². The van der Waals surface area contributed by atoms with Crippen molar-refractivity contribution < 1.29 is 19.4 Å². The molecule has 0 radical (unpaired) electrons. The van der Waals surface area contributed by atoms with E-state index in [0.29, 0.717) is 5.75 Å². The highest BCUT2D eigenvalue weighted by molar-refractivity contribution is 5.89. The van der Waals surface area contributed by atoms with Crippen molar-refractivity contribution in [1.29, 1.82) is 0 Å². The second-order valence-corrected chi connectivity index (χ2v) is 3.41. The van der Waals surface area contributed by atoms with Crippen LogP contribution in [-0.2, 0) is 4.79 Å². The van der Waals surface area contributed by atoms with Gasteiger partial charge in [0.25, 0.3) is 0 Å². The molecule has 1 fully saturated rings. The fourth-order valence-electron chi connectivity index (χ4n) is 1.32. The van der Waals surface area contributed by atoms with E-state index in [1.807, 2.05) is 0 Å². The van der Waals surface area contributed by atoms with E-state index < -0.39 is 18.2 Å². The second kappa shape index (κ2) is 3.82. The third kappa shape index (κ3) is 1.82. The summed E-state index contributed by atoms with van der Waals surface area (Å²) in [6.07, 6.45) is -0.587. The van der Waals surface area contributed by atoms with Crippen LogP contribution < -0.4 is 15.8 Å². The van der Waals surface area contributed by atoms with Crippen LogP contribution in [0.3, 0.4) is 0 Å². The maximum absolute atomic E-state index is 10.8. The van der Waals surface area contributed by atoms with Gasteiger partial charge in [-0.2, -0.15) is 0 Å². The van der Waals surface area contributed by atoms with E-state index >= 15 is 0 Å². The third-order valence-corrected chi connectivity index (χ3v) is 2.26. The smallest absolute Gasteiger partial charge is 0.335 e. The highest BCUT2D eigenvalue weighted by Gasteiger charge is 2.38. The van der Waals surface area contributed by atoms with Crippen molar-refractivity contribution >= 4 is 11.9 Å². The average Bonchev–Trinajstić information content (AvgIpc) is 2.28. The first-order valence-corrected chi connectivity index (χ1v) is 4.64. The highest BCUT2D eigenvalue weighted by Crippen LogP contribution is 2.17. The fourth-order valence-corrected chi connectivity index (χ4v) is 1.32. The standard InChI is InChI=1S/C10H10N2O4/c11-7-8(13)12-9(7)16-6-3-1-2-5(4-6)10(14)15/h1-4,7,9H,11H2,(H,12,13)(H,14,15)/t7-,9-/m1/s1. The van der Waals surface area contributed by atoms with Gasteiger partial charge in [-0.3, -0.25) is 4.79 Å². The number of carbonyl (C=O) groups is 2. The number of nitrogens with one attached hydrogen (secondary N) is 1. The van der Waals surface area contributed by atoms with Crippen LogP contribution >= 0.6 is 0 Å². The molecule has 1 aliphatic rings. The molecule has 1 aliphatic heterocycles. The van der Waals surface area contributed by atoms with Crippen LogP contribution in [0.25, 0.3) is 0 Å². The maximum atomic E-state index is 10.8. The summed E-state index contributed by atoms with van der Waals surface area (Å²) >= 11 is 0. The molecule has 2 rings (SSSR count). The Labute approximate surface area is 91.0 Å². The normalized spacial score (nSPS) is 23.2. The molecule has 0 bridgehead atoms. The number of benzene rings is 1. The topological polar surface area (TPSA) is 102 Å². The summed E-state index contributed by atoms with van der Waals surface area (Å²) in [6, 6.07) is 5.29. The van der Waals surface area contributed by atoms with E-state index in [-0.39, 0.29) is 11.5 Å². The van der Waals surface area contributed by atoms with Gasteiger partial charge in [-0.25, -0.2) is 4.79 Å². The summed E-state index contributed by atoms with van der Waals surface area (Å²) in [5, 5.41) is 11.2. The SMILES string of the molecule is N[C@@H]1C(=O)N[C@@H]1Oc1cccc(C(=O)O)c1. The van der Waals surface area contributed by atoms with E-state index in [9.17, 15) is 9.59 Å². The Morgan fingerprint density at radius 3 is 2.81 bits per heavy atom. The number of carboxylic acid groups (broad SMARTS) is 1. The van der Waals surface area contributed by atoms with Gasteiger partial charge >= 0.3 is 5.97 Å². The number of nitrogens with two attached hydrogens (primary N) is 1. The van der Waals surface area contributed by atoms with Crippen LogP contribution in [0.1, 0.15) is 10.4 Å². The van der Waals surface area contributed by atoms with Crippen LogP contribution in [0.4, 0.5) is 0 Å². The molecule has 1 aromatic carbocycles. The third-order valence-electron chi connectivity index (χ3n) is 2.26. The van der Waals surface area contributed by atoms with Crippen molar-refractivity contribution in [2.24, 2.45) is 5.73 Å². The van der Waals surface area contributed by atoms with Crippen LogP contribution in [-0.4, -0.2) is 29.3 Å². The van der Waals surface area contributed by atoms with Gasteiger partial charge in [0.05, 0.1) is 5.56 Å². The zero-order chi connectivity index (χ0) is 11.7. The molecule has 0 saturated carbocycles. The minimum absolute atomic E-state index is 0.122. The molecule has 1 aromatic rings. The number of rotatable bonds is 3. The fraction of sp³-hybridized carbons (Fsp3) is 0.200. The Morgan fingerprint density at radius 2 is 2.25 bits per heavy atom. The zero-order valence-electron chi connectivity index (χ0n) is 8.21. The quantitative estimate of drug-likeness (QED) is 0.601. The van der Waals surface area contributed by atoms with Gasteiger partial charge in [0.2, 0.25) is 5.91 Å². The molecule has 84 valence electrons. The average molecular weight is 222 g/mol. The number of hydrogen-bond donors (Lipinski definition) is 3. The maximum Gasteiger partial charge on any atom is 0.335 e. The molecular weight excluding hydrogens is 212 g/mol. The summed E-state index contributed by atoms with van der Waals surface area (Å²) in [5.74, 6) is -0.952. The number of hydrogen-bond acceptors (Lipinski definition) is 4. The van der Waals surface area contributed by atoms with Crippen molar-refractivity contribution in [2.75, 3.05) is 0 Å². The summed E-state index contributed by atoms with van der Waals surface area (Å²) in [6.45, 7) is 0. The molecule has 1 amide bonds. The summed E-state index contributed by atoms with van der Waals surface area (Å²) in [5.41, 5.74) is 5.58. The summed E-state index contributed by atoms with van der Waals surface area (Å²) in [7, 11) is 0. The lowest BCUT2D eigenvalue weighted by Gasteiger charge is -2.33. The first kappa shape index (κ1) is 10.4. The van der Waals surface area contributed by atoms with E-state index in [0.717, 1.165) is 0 Å². The van der Waals surface area contributed by atoms with Crippen LogP contribution in [0.2, 0.25) is 0 Å². The van der Waals surface area contributed by atoms with Gasteiger partial charge in [0, 0.05) is 0 Å². The number of carboxylic acids is 1. The minimum atomic E-state index is -1.03. The Morgan fingerprint density at radius 1 is 1.50 bits per heavy atom. The highest BCUT2D eigenvalue weighted by atomic mass is 16.5. The van der Waals surface area contributed by atoms with Crippen molar-refractivity contribution in [3.8, 4) is 5.75 Å². The van der Waals surface area contributed by atoms with Gasteiger partial charge in [-0.05, 0) is 18.2 Å². The van der Waals surface area contributed by atoms with E-state index in [4.69, 9.17) is 15.6 Å². The molecule has 0 aliphatic carbocycles. The monoisotopic (exact) mass is 222 g/mol. The van der Waals surface area contributed by atoms with Crippen molar-refractivity contribution in [3.63, 3.8) is 0 Å². The van der Waals surface area contributed by atoms with Gasteiger partial charge in [0.1, 0.15) is 11.8 Å². The largest absolute Gasteiger partial charge is 0.478 e. The Bertz CT molecular complexity index is 446. The van der Waals surface area contributed by atoms with E-state index in [2.05, 4.69) is 5.32 Å². The first-order chi connectivity index (χ1) is 7.58. The predicted octanol–water partition coefficient (Wildman–Crippen LogP) is -0.453. The second-order valence-electron chi connectivity index (χ2n) is 3.41. The molecule has 16 heavy (non-hydrogen) atoms. The van der Waals surface area contributed by atoms with E-state index in [1.165, 1.54) is 12.1 Å². The van der Waals surface area contributed by atoms with Crippen LogP contribution in [0.5, 0.6) is 5.75 Å². The van der Waals surface area contributed by atoms with Gasteiger partial charge < -0.3 is 20.9 Å². The molecule has 0 aromatic heterocycles. The molecule has 0 spiro atoms. The first-order valence-electron chi connectivity index (χ1n) is 4.64. The Kier molecular flexibility index (Phi) is 2.49. The lowest BCUT2D eigenvalue weighted by atomic mass is 10.1. The number of amides is 1. The number of aromatic carboxylic acids is 1. The molecular formula is C10H10N2O4. The molecule has 0 unspecified atom stereocenters. The van der Waals surface area contributed by atoms with E-state index in [1.54, 1.807) is 12.1 Å². The minimum Gasteiger partial charge on any atom is -0.478 e. The number of β-lactam (4-membered cyclic amide) rings is 1. The lowest BCUT2D eigenvalue weighted by molar-refractivity contribution is -0.137. The Balaban J connectivity index is 2.07. The molecule has 6 nitrogen and oxygen atoms in total. The summed E-state index contributed by atoms with van der Waals surface area (Å²) < 4.78 is 5.30.